The normalized spacial score (nSPS) is 14.0. The Morgan fingerprint density at radius 3 is 2.81 bits per heavy atom. The lowest BCUT2D eigenvalue weighted by Crippen LogP contribution is -2.24. The number of carbonyl (C=O) groups is 2. The van der Waals surface area contributed by atoms with Crippen molar-refractivity contribution in [2.75, 3.05) is 0 Å². The Bertz CT molecular complexity index is 959. The fourth-order valence-corrected chi connectivity index (χ4v) is 4.72. The average molecular weight is 383 g/mol. The molecule has 4 rings (SSSR count). The van der Waals surface area contributed by atoms with Gasteiger partial charge in [-0.1, -0.05) is 18.2 Å². The van der Waals surface area contributed by atoms with Crippen LogP contribution < -0.4 is 0 Å². The molecule has 0 aliphatic heterocycles. The topological polar surface area (TPSA) is 56.3 Å². The van der Waals surface area contributed by atoms with Crippen LogP contribution in [0, 0.1) is 0 Å². The summed E-state index contributed by atoms with van der Waals surface area (Å²) < 4.78 is 5.36. The summed E-state index contributed by atoms with van der Waals surface area (Å²) in [5, 5.41) is 4.42. The minimum absolute atomic E-state index is 0.179. The first-order valence-electron chi connectivity index (χ1n) is 8.48. The molecule has 0 amide bonds. The van der Waals surface area contributed by atoms with Crippen LogP contribution in [0.2, 0.25) is 0 Å². The summed E-state index contributed by atoms with van der Waals surface area (Å²) >= 11 is 2.96. The number of aromatic nitrogens is 1. The summed E-state index contributed by atoms with van der Waals surface area (Å²) in [6.07, 6.45) is 2.38. The van der Waals surface area contributed by atoms with E-state index < -0.39 is 12.1 Å². The van der Waals surface area contributed by atoms with Crippen molar-refractivity contribution in [2.45, 2.75) is 32.3 Å². The number of carbonyl (C=O) groups excluding carboxylic acids is 2. The molecular formula is C20H17NO3S2. The van der Waals surface area contributed by atoms with Crippen LogP contribution in [0.5, 0.6) is 0 Å². The Morgan fingerprint density at radius 2 is 2.00 bits per heavy atom. The molecule has 0 fully saturated rings. The second-order valence-corrected chi connectivity index (χ2v) is 8.07. The van der Waals surface area contributed by atoms with Crippen LogP contribution in [0.4, 0.5) is 0 Å². The van der Waals surface area contributed by atoms with E-state index in [1.54, 1.807) is 23.6 Å². The molecule has 1 atom stereocenters. The molecule has 1 aromatic carbocycles. The molecule has 2 heterocycles. The molecule has 26 heavy (non-hydrogen) atoms. The van der Waals surface area contributed by atoms with E-state index in [0.29, 0.717) is 5.56 Å². The third kappa shape index (κ3) is 3.34. The number of aryl methyl sites for hydroxylation is 2. The second kappa shape index (κ2) is 7.13. The summed E-state index contributed by atoms with van der Waals surface area (Å²) in [5.41, 5.74) is 3.39. The van der Waals surface area contributed by atoms with Gasteiger partial charge in [-0.3, -0.25) is 4.79 Å². The van der Waals surface area contributed by atoms with Crippen molar-refractivity contribution in [1.82, 2.24) is 4.98 Å². The molecule has 0 N–H and O–H groups in total. The van der Waals surface area contributed by atoms with Gasteiger partial charge < -0.3 is 4.74 Å². The highest BCUT2D eigenvalue weighted by Gasteiger charge is 2.23. The van der Waals surface area contributed by atoms with Gasteiger partial charge in [0.15, 0.2) is 11.8 Å². The van der Waals surface area contributed by atoms with E-state index in [1.165, 1.54) is 22.5 Å². The lowest BCUT2D eigenvalue weighted by atomic mass is 10.0. The third-order valence-corrected chi connectivity index (χ3v) is 6.36. The lowest BCUT2D eigenvalue weighted by Gasteiger charge is -2.12. The molecule has 0 spiro atoms. The van der Waals surface area contributed by atoms with Crippen LogP contribution in [-0.4, -0.2) is 22.8 Å². The minimum atomic E-state index is -0.839. The Hall–Kier alpha value is -2.31. The number of Topliss-reactive ketones (excluding diaryl/α,β-unsaturated/α-hetero) is 1. The number of hydrogen-bond acceptors (Lipinski definition) is 6. The summed E-state index contributed by atoms with van der Waals surface area (Å²) in [7, 11) is 0. The number of ether oxygens (including phenoxy) is 1. The molecular weight excluding hydrogens is 366 g/mol. The largest absolute Gasteiger partial charge is 0.450 e. The maximum atomic E-state index is 12.6. The van der Waals surface area contributed by atoms with Gasteiger partial charge in [-0.15, -0.1) is 22.7 Å². The van der Waals surface area contributed by atoms with Crippen molar-refractivity contribution < 1.29 is 14.3 Å². The van der Waals surface area contributed by atoms with E-state index in [0.717, 1.165) is 29.1 Å². The average Bonchev–Trinajstić information content (AvgIpc) is 3.40. The number of thiazole rings is 1. The van der Waals surface area contributed by atoms with Crippen molar-refractivity contribution in [3.8, 4) is 9.88 Å². The van der Waals surface area contributed by atoms with E-state index in [4.69, 9.17) is 4.74 Å². The number of rotatable bonds is 5. The van der Waals surface area contributed by atoms with Gasteiger partial charge in [-0.05, 0) is 54.8 Å². The molecule has 2 aromatic heterocycles. The smallest absolute Gasteiger partial charge is 0.358 e. The SMILES string of the molecule is C[C@@H](OC(=O)c1csc(-c2cccs2)n1)C(=O)c1ccc2c(c1)CCC2. The number of benzene rings is 1. The molecule has 1 aliphatic carbocycles. The van der Waals surface area contributed by atoms with Gasteiger partial charge in [0.25, 0.3) is 0 Å². The van der Waals surface area contributed by atoms with Crippen LogP contribution in [0.1, 0.15) is 45.3 Å². The number of fused-ring (bicyclic) bond motifs is 1. The summed E-state index contributed by atoms with van der Waals surface area (Å²) in [6, 6.07) is 9.68. The van der Waals surface area contributed by atoms with Crippen LogP contribution in [-0.2, 0) is 17.6 Å². The van der Waals surface area contributed by atoms with Crippen molar-refractivity contribution in [2.24, 2.45) is 0 Å². The summed E-state index contributed by atoms with van der Waals surface area (Å²) in [5.74, 6) is -0.743. The van der Waals surface area contributed by atoms with Gasteiger partial charge in [0.1, 0.15) is 5.01 Å². The van der Waals surface area contributed by atoms with Gasteiger partial charge in [0.2, 0.25) is 5.78 Å². The molecule has 6 heteroatoms. The predicted molar refractivity (Wildman–Crippen MR) is 103 cm³/mol. The Morgan fingerprint density at radius 1 is 1.15 bits per heavy atom. The van der Waals surface area contributed by atoms with Gasteiger partial charge in [-0.25, -0.2) is 9.78 Å². The van der Waals surface area contributed by atoms with Gasteiger partial charge in [0.05, 0.1) is 4.88 Å². The first-order chi connectivity index (χ1) is 12.6. The van der Waals surface area contributed by atoms with E-state index in [-0.39, 0.29) is 11.5 Å². The fraction of sp³-hybridized carbons (Fsp3) is 0.250. The van der Waals surface area contributed by atoms with Crippen molar-refractivity contribution in [3.05, 3.63) is 63.5 Å². The fourth-order valence-electron chi connectivity index (χ4n) is 3.12. The quantitative estimate of drug-likeness (QED) is 0.470. The monoisotopic (exact) mass is 383 g/mol. The molecule has 1 aliphatic rings. The number of hydrogen-bond donors (Lipinski definition) is 0. The maximum absolute atomic E-state index is 12.6. The van der Waals surface area contributed by atoms with Gasteiger partial charge >= 0.3 is 5.97 Å². The molecule has 3 aromatic rings. The Kier molecular flexibility index (Phi) is 4.70. The maximum Gasteiger partial charge on any atom is 0.358 e. The lowest BCUT2D eigenvalue weighted by molar-refractivity contribution is 0.0314. The number of ketones is 1. The second-order valence-electron chi connectivity index (χ2n) is 6.26. The standard InChI is InChI=1S/C20H17NO3S2/c1-12(18(22)15-8-7-13-4-2-5-14(13)10-15)24-20(23)16-11-26-19(21-16)17-6-3-9-25-17/h3,6-12H,2,4-5H2,1H3/t12-/m1/s1. The number of esters is 1. The first kappa shape index (κ1) is 17.1. The molecule has 0 bridgehead atoms. The molecule has 0 saturated carbocycles. The highest BCUT2D eigenvalue weighted by atomic mass is 32.1. The van der Waals surface area contributed by atoms with Crippen LogP contribution in [0.15, 0.2) is 41.1 Å². The minimum Gasteiger partial charge on any atom is -0.450 e. The third-order valence-electron chi connectivity index (χ3n) is 4.48. The van der Waals surface area contributed by atoms with Crippen molar-refractivity contribution in [3.63, 3.8) is 0 Å². The van der Waals surface area contributed by atoms with E-state index >= 15 is 0 Å². The highest BCUT2D eigenvalue weighted by Crippen LogP contribution is 2.28. The van der Waals surface area contributed by atoms with E-state index in [1.807, 2.05) is 35.7 Å². The number of nitrogens with zero attached hydrogens (tertiary/aromatic N) is 1. The van der Waals surface area contributed by atoms with Crippen LogP contribution in [0.3, 0.4) is 0 Å². The molecule has 0 saturated heterocycles. The van der Waals surface area contributed by atoms with Gasteiger partial charge in [-0.2, -0.15) is 0 Å². The number of thiophene rings is 1. The van der Waals surface area contributed by atoms with E-state index in [9.17, 15) is 9.59 Å². The Balaban J connectivity index is 1.45. The summed E-state index contributed by atoms with van der Waals surface area (Å²) in [4.78, 5) is 30.3. The predicted octanol–water partition coefficient (Wildman–Crippen LogP) is 4.79. The van der Waals surface area contributed by atoms with Crippen LogP contribution >= 0.6 is 22.7 Å². The zero-order chi connectivity index (χ0) is 18.1. The van der Waals surface area contributed by atoms with Crippen molar-refractivity contribution >= 4 is 34.4 Å². The van der Waals surface area contributed by atoms with E-state index in [2.05, 4.69) is 4.98 Å². The molecule has 0 radical (unpaired) electrons. The highest BCUT2D eigenvalue weighted by molar-refractivity contribution is 7.20. The molecule has 0 unspecified atom stereocenters. The Labute approximate surface area is 159 Å². The molecule has 4 nitrogen and oxygen atoms in total. The van der Waals surface area contributed by atoms with Crippen LogP contribution in [0.25, 0.3) is 9.88 Å². The first-order valence-corrected chi connectivity index (χ1v) is 10.2. The zero-order valence-electron chi connectivity index (χ0n) is 14.2. The zero-order valence-corrected chi connectivity index (χ0v) is 15.9. The summed E-state index contributed by atoms with van der Waals surface area (Å²) in [6.45, 7) is 1.61. The molecule has 132 valence electrons. The van der Waals surface area contributed by atoms with Gasteiger partial charge in [0, 0.05) is 10.9 Å². The van der Waals surface area contributed by atoms with Crippen molar-refractivity contribution in [1.29, 1.82) is 0 Å².